The number of amides is 2. The lowest BCUT2D eigenvalue weighted by Gasteiger charge is -2.10. The number of benzene rings is 2. The van der Waals surface area contributed by atoms with E-state index in [2.05, 4.69) is 10.6 Å². The molecule has 2 rings (SSSR count). The number of nitrogens with one attached hydrogen (secondary N) is 2. The zero-order valence-electron chi connectivity index (χ0n) is 13.0. The van der Waals surface area contributed by atoms with Crippen molar-refractivity contribution in [3.63, 3.8) is 0 Å². The van der Waals surface area contributed by atoms with Crippen molar-refractivity contribution in [1.29, 1.82) is 0 Å². The van der Waals surface area contributed by atoms with Gasteiger partial charge in [0.2, 0.25) is 0 Å². The van der Waals surface area contributed by atoms with Gasteiger partial charge in [0.1, 0.15) is 24.0 Å². The number of hydrogen-bond donors (Lipinski definition) is 2. The molecule has 6 heteroatoms. The maximum atomic E-state index is 13.4. The molecule has 0 aliphatic heterocycles. The highest BCUT2D eigenvalue weighted by Crippen LogP contribution is 2.16. The van der Waals surface area contributed by atoms with Crippen LogP contribution in [0.3, 0.4) is 0 Å². The number of ether oxygens (including phenoxy) is 1. The zero-order chi connectivity index (χ0) is 16.8. The molecule has 2 aromatic rings. The van der Waals surface area contributed by atoms with Crippen molar-refractivity contribution >= 4 is 11.7 Å². The molecule has 0 unspecified atom stereocenters. The highest BCUT2D eigenvalue weighted by Gasteiger charge is 2.07. The fourth-order valence-corrected chi connectivity index (χ4v) is 1.89. The molecule has 0 aliphatic carbocycles. The molecule has 23 heavy (non-hydrogen) atoms. The van der Waals surface area contributed by atoms with E-state index in [4.69, 9.17) is 4.74 Å². The lowest BCUT2D eigenvalue weighted by molar-refractivity contribution is 0.247. The molecular weight excluding hydrogens is 302 g/mol. The Kier molecular flexibility index (Phi) is 5.51. The third-order valence-corrected chi connectivity index (χ3v) is 3.31. The van der Waals surface area contributed by atoms with Crippen LogP contribution >= 0.6 is 0 Å². The monoisotopic (exact) mass is 320 g/mol. The number of anilines is 1. The molecule has 2 aromatic carbocycles. The normalized spacial score (nSPS) is 10.3. The molecule has 0 saturated heterocycles. The number of rotatable bonds is 5. The van der Waals surface area contributed by atoms with Gasteiger partial charge < -0.3 is 15.4 Å². The van der Waals surface area contributed by atoms with E-state index in [9.17, 15) is 13.6 Å². The Bertz CT molecular complexity index is 705. The van der Waals surface area contributed by atoms with Crippen LogP contribution in [0.2, 0.25) is 0 Å². The quantitative estimate of drug-likeness (QED) is 0.824. The van der Waals surface area contributed by atoms with Gasteiger partial charge in [-0.3, -0.25) is 0 Å². The third kappa shape index (κ3) is 4.95. The lowest BCUT2D eigenvalue weighted by Crippen LogP contribution is -2.32. The minimum Gasteiger partial charge on any atom is -0.492 e. The molecule has 0 heterocycles. The summed E-state index contributed by atoms with van der Waals surface area (Å²) in [6, 6.07) is 8.09. The summed E-state index contributed by atoms with van der Waals surface area (Å²) in [5.41, 5.74) is 2.22. The van der Waals surface area contributed by atoms with Gasteiger partial charge in [0.25, 0.3) is 0 Å². The Morgan fingerprint density at radius 1 is 1.09 bits per heavy atom. The predicted octanol–water partition coefficient (Wildman–Crippen LogP) is 3.78. The second-order valence-corrected chi connectivity index (χ2v) is 5.10. The van der Waals surface area contributed by atoms with Gasteiger partial charge in [-0.1, -0.05) is 6.07 Å². The van der Waals surface area contributed by atoms with Crippen LogP contribution in [-0.2, 0) is 0 Å². The average molecular weight is 320 g/mol. The number of carbonyl (C=O) groups is 1. The Labute approximate surface area is 133 Å². The van der Waals surface area contributed by atoms with Gasteiger partial charge in [-0.25, -0.2) is 13.6 Å². The van der Waals surface area contributed by atoms with E-state index in [1.165, 1.54) is 5.56 Å². The van der Waals surface area contributed by atoms with Gasteiger partial charge in [-0.05, 0) is 49.2 Å². The van der Waals surface area contributed by atoms with E-state index in [0.29, 0.717) is 6.07 Å². The van der Waals surface area contributed by atoms with Crippen molar-refractivity contribution in [3.05, 3.63) is 59.2 Å². The summed E-state index contributed by atoms with van der Waals surface area (Å²) in [6.07, 6.45) is 0. The largest absolute Gasteiger partial charge is 0.492 e. The number of urea groups is 1. The van der Waals surface area contributed by atoms with Gasteiger partial charge in [0.05, 0.1) is 12.2 Å². The topological polar surface area (TPSA) is 50.4 Å². The van der Waals surface area contributed by atoms with Crippen LogP contribution < -0.4 is 15.4 Å². The van der Waals surface area contributed by atoms with Crippen molar-refractivity contribution in [2.75, 3.05) is 18.5 Å². The maximum Gasteiger partial charge on any atom is 0.319 e. The van der Waals surface area contributed by atoms with Gasteiger partial charge in [-0.2, -0.15) is 0 Å². The summed E-state index contributed by atoms with van der Waals surface area (Å²) in [5, 5.41) is 4.84. The number of halogens is 2. The van der Waals surface area contributed by atoms with Gasteiger partial charge in [0.15, 0.2) is 0 Å². The maximum absolute atomic E-state index is 13.4. The summed E-state index contributed by atoms with van der Waals surface area (Å²) in [6.45, 7) is 4.54. The van der Waals surface area contributed by atoms with E-state index < -0.39 is 17.7 Å². The minimum atomic E-state index is -0.827. The summed E-state index contributed by atoms with van der Waals surface area (Å²) in [5.74, 6) is -0.804. The van der Waals surface area contributed by atoms with Gasteiger partial charge >= 0.3 is 6.03 Å². The third-order valence-electron chi connectivity index (χ3n) is 3.31. The minimum absolute atomic E-state index is 0.0843. The Balaban J connectivity index is 1.75. The summed E-state index contributed by atoms with van der Waals surface area (Å²) < 4.78 is 31.7. The summed E-state index contributed by atoms with van der Waals surface area (Å²) in [4.78, 5) is 11.6. The van der Waals surface area contributed by atoms with Crippen LogP contribution in [0.15, 0.2) is 36.4 Å². The molecule has 0 fully saturated rings. The molecule has 0 spiro atoms. The molecular formula is C17H18F2N2O2. The van der Waals surface area contributed by atoms with Crippen LogP contribution in [0, 0.1) is 25.5 Å². The van der Waals surface area contributed by atoms with Crippen molar-refractivity contribution in [2.24, 2.45) is 0 Å². The first-order valence-electron chi connectivity index (χ1n) is 7.15. The van der Waals surface area contributed by atoms with Crippen LogP contribution in [0.1, 0.15) is 11.1 Å². The van der Waals surface area contributed by atoms with Crippen LogP contribution in [0.4, 0.5) is 19.3 Å². The van der Waals surface area contributed by atoms with Gasteiger partial charge in [-0.15, -0.1) is 0 Å². The molecule has 122 valence electrons. The highest BCUT2D eigenvalue weighted by atomic mass is 19.1. The Hall–Kier alpha value is -2.63. The number of carbonyl (C=O) groups excluding carboxylic acids is 1. The van der Waals surface area contributed by atoms with E-state index >= 15 is 0 Å². The van der Waals surface area contributed by atoms with E-state index in [-0.39, 0.29) is 18.8 Å². The predicted molar refractivity (Wildman–Crippen MR) is 84.8 cm³/mol. The average Bonchev–Trinajstić information content (AvgIpc) is 2.50. The molecule has 0 atom stereocenters. The first kappa shape index (κ1) is 16.7. The number of aryl methyl sites for hydroxylation is 2. The molecule has 0 aliphatic rings. The first-order valence-corrected chi connectivity index (χ1v) is 7.15. The summed E-state index contributed by atoms with van der Waals surface area (Å²) in [7, 11) is 0. The Morgan fingerprint density at radius 2 is 1.87 bits per heavy atom. The van der Waals surface area contributed by atoms with Crippen LogP contribution in [-0.4, -0.2) is 19.2 Å². The Morgan fingerprint density at radius 3 is 2.57 bits per heavy atom. The van der Waals surface area contributed by atoms with E-state index in [0.717, 1.165) is 23.4 Å². The van der Waals surface area contributed by atoms with Crippen LogP contribution in [0.5, 0.6) is 5.75 Å². The molecule has 4 nitrogen and oxygen atoms in total. The molecule has 2 N–H and O–H groups in total. The molecule has 0 aromatic heterocycles. The van der Waals surface area contributed by atoms with E-state index in [1.807, 2.05) is 32.0 Å². The van der Waals surface area contributed by atoms with E-state index in [1.54, 1.807) is 0 Å². The zero-order valence-corrected chi connectivity index (χ0v) is 13.0. The fourth-order valence-electron chi connectivity index (χ4n) is 1.89. The lowest BCUT2D eigenvalue weighted by atomic mass is 10.1. The van der Waals surface area contributed by atoms with Gasteiger partial charge in [0, 0.05) is 6.07 Å². The fraction of sp³-hybridized carbons (Fsp3) is 0.235. The SMILES string of the molecule is Cc1ccc(OCCNC(=O)Nc2ccc(F)cc2F)cc1C. The number of hydrogen-bond acceptors (Lipinski definition) is 2. The van der Waals surface area contributed by atoms with Crippen LogP contribution in [0.25, 0.3) is 0 Å². The first-order chi connectivity index (χ1) is 11.0. The smallest absolute Gasteiger partial charge is 0.319 e. The van der Waals surface area contributed by atoms with Crippen molar-refractivity contribution in [3.8, 4) is 5.75 Å². The van der Waals surface area contributed by atoms with Crippen molar-refractivity contribution in [1.82, 2.24) is 5.32 Å². The molecule has 2 amide bonds. The second kappa shape index (κ2) is 7.58. The molecule has 0 radical (unpaired) electrons. The second-order valence-electron chi connectivity index (χ2n) is 5.10. The standard InChI is InChI=1S/C17H18F2N2O2/c1-11-3-5-14(9-12(11)2)23-8-7-20-17(22)21-16-6-4-13(18)10-15(16)19/h3-6,9-10H,7-8H2,1-2H3,(H2,20,21,22). The molecule has 0 saturated carbocycles. The van der Waals surface area contributed by atoms with Crippen molar-refractivity contribution < 1.29 is 18.3 Å². The summed E-state index contributed by atoms with van der Waals surface area (Å²) >= 11 is 0. The highest BCUT2D eigenvalue weighted by molar-refractivity contribution is 5.89. The van der Waals surface area contributed by atoms with Crippen molar-refractivity contribution in [2.45, 2.75) is 13.8 Å². The molecule has 0 bridgehead atoms.